The number of carbonyl (C=O) groups is 3. The van der Waals surface area contributed by atoms with Gasteiger partial charge in [0.25, 0.3) is 0 Å². The van der Waals surface area contributed by atoms with Crippen molar-refractivity contribution in [3.63, 3.8) is 0 Å². The first-order valence-electron chi connectivity index (χ1n) is 6.35. The number of nitrogens with zero attached hydrogens (tertiary/aromatic N) is 2. The first-order valence-corrected chi connectivity index (χ1v) is 8.32. The van der Waals surface area contributed by atoms with Gasteiger partial charge in [0.1, 0.15) is 0 Å². The van der Waals surface area contributed by atoms with E-state index in [-0.39, 0.29) is 11.8 Å². The molecule has 1 fully saturated rings. The van der Waals surface area contributed by atoms with Gasteiger partial charge in [-0.1, -0.05) is 0 Å². The molecule has 0 atom stereocenters. The molecule has 0 aromatic rings. The Balaban J connectivity index is -0.000000209. The molecule has 1 heterocycles. The van der Waals surface area contributed by atoms with Gasteiger partial charge in [0, 0.05) is 71.4 Å². The smallest absolute Gasteiger partial charge is 0.220 e. The molecule has 8 heteroatoms. The third kappa shape index (κ3) is 38.1. The van der Waals surface area contributed by atoms with Gasteiger partial charge < -0.3 is 15.1 Å². The highest BCUT2D eigenvalue weighted by molar-refractivity contribution is 7.83. The fraction of sp³-hybridized carbons (Fsp3) is 0.769. The van der Waals surface area contributed by atoms with Crippen molar-refractivity contribution in [3.8, 4) is 0 Å². The highest BCUT2D eigenvalue weighted by Gasteiger charge is 2.05. The van der Waals surface area contributed by atoms with E-state index < -0.39 is 10.8 Å². The lowest BCUT2D eigenvalue weighted by atomic mass is 10.4. The van der Waals surface area contributed by atoms with E-state index in [1.807, 2.05) is 0 Å². The van der Waals surface area contributed by atoms with Gasteiger partial charge in [-0.25, -0.2) is 0 Å². The van der Waals surface area contributed by atoms with Crippen LogP contribution in [0, 0.1) is 0 Å². The Bertz CT molecular complexity index is 307. The predicted molar refractivity (Wildman–Crippen MR) is 86.4 cm³/mol. The molecule has 1 aliphatic rings. The fourth-order valence-corrected chi connectivity index (χ4v) is 0.565. The van der Waals surface area contributed by atoms with Crippen molar-refractivity contribution in [1.82, 2.24) is 15.1 Å². The average molecular weight is 323 g/mol. The molecule has 1 N–H and O–H groups in total. The van der Waals surface area contributed by atoms with Gasteiger partial charge in [-0.2, -0.15) is 0 Å². The molecule has 0 aliphatic carbocycles. The van der Waals surface area contributed by atoms with Crippen LogP contribution in [0.4, 0.5) is 0 Å². The molecule has 21 heavy (non-hydrogen) atoms. The Kier molecular flexibility index (Phi) is 19.4. The summed E-state index contributed by atoms with van der Waals surface area (Å²) in [5.74, 6) is 0.296. The standard InChI is InChI=1S/C4H7NO.C4H9NO.C3H7NO.C2H6OS/c6-4-2-1-3-5-4;1-4(6)5(2)3;1-4(2)3-5;1-4(2)3/h1-3H2,(H,5,6);1-3H3;3H,1-2H3;1-2H3. The largest absolute Gasteiger partial charge is 0.356 e. The molecule has 0 aromatic heterocycles. The first kappa shape index (κ1) is 24.6. The zero-order valence-corrected chi connectivity index (χ0v) is 15.0. The van der Waals surface area contributed by atoms with Crippen molar-refractivity contribution in [1.29, 1.82) is 0 Å². The van der Waals surface area contributed by atoms with Gasteiger partial charge >= 0.3 is 0 Å². The van der Waals surface area contributed by atoms with Crippen molar-refractivity contribution in [2.75, 3.05) is 47.2 Å². The molecule has 0 bridgehead atoms. The molecule has 3 amide bonds. The second-order valence-corrected chi connectivity index (χ2v) is 6.16. The Morgan fingerprint density at radius 1 is 1.24 bits per heavy atom. The third-order valence-corrected chi connectivity index (χ3v) is 1.74. The molecule has 0 aromatic carbocycles. The monoisotopic (exact) mass is 323 g/mol. The Morgan fingerprint density at radius 2 is 1.57 bits per heavy atom. The van der Waals surface area contributed by atoms with Crippen molar-refractivity contribution in [3.05, 3.63) is 0 Å². The van der Waals surface area contributed by atoms with Gasteiger partial charge in [-0.3, -0.25) is 18.6 Å². The van der Waals surface area contributed by atoms with Gasteiger partial charge in [0.15, 0.2) is 0 Å². The highest BCUT2D eigenvalue weighted by atomic mass is 32.2. The van der Waals surface area contributed by atoms with Crippen molar-refractivity contribution in [2.45, 2.75) is 19.8 Å². The summed E-state index contributed by atoms with van der Waals surface area (Å²) in [5, 5.41) is 2.68. The number of amides is 3. The second kappa shape index (κ2) is 16.6. The van der Waals surface area contributed by atoms with Crippen LogP contribution in [0.3, 0.4) is 0 Å². The zero-order chi connectivity index (χ0) is 17.4. The second-order valence-electron chi connectivity index (χ2n) is 4.68. The number of carbonyl (C=O) groups excluding carboxylic acids is 3. The van der Waals surface area contributed by atoms with E-state index in [0.717, 1.165) is 25.8 Å². The lowest BCUT2D eigenvalue weighted by Crippen LogP contribution is -2.17. The maximum atomic E-state index is 10.1. The lowest BCUT2D eigenvalue weighted by molar-refractivity contribution is -0.126. The topological polar surface area (TPSA) is 86.8 Å². The number of nitrogens with one attached hydrogen (secondary N) is 1. The van der Waals surface area contributed by atoms with Crippen molar-refractivity contribution in [2.24, 2.45) is 0 Å². The van der Waals surface area contributed by atoms with Crippen LogP contribution >= 0.6 is 0 Å². The van der Waals surface area contributed by atoms with E-state index in [1.54, 1.807) is 40.7 Å². The van der Waals surface area contributed by atoms with Gasteiger partial charge in [0.05, 0.1) is 0 Å². The van der Waals surface area contributed by atoms with Gasteiger partial charge in [0.2, 0.25) is 18.2 Å². The van der Waals surface area contributed by atoms with Crippen LogP contribution in [0.15, 0.2) is 0 Å². The fourth-order valence-electron chi connectivity index (χ4n) is 0.565. The van der Waals surface area contributed by atoms with Crippen LogP contribution in [0.25, 0.3) is 0 Å². The Morgan fingerprint density at radius 3 is 1.62 bits per heavy atom. The predicted octanol–water partition coefficient (Wildman–Crippen LogP) is -0.310. The van der Waals surface area contributed by atoms with Crippen molar-refractivity contribution >= 4 is 29.0 Å². The quantitative estimate of drug-likeness (QED) is 0.671. The molecule has 1 rings (SSSR count). The summed E-state index contributed by atoms with van der Waals surface area (Å²) >= 11 is 0. The maximum absolute atomic E-state index is 10.1. The molecule has 0 unspecified atom stereocenters. The minimum Gasteiger partial charge on any atom is -0.356 e. The summed E-state index contributed by atoms with van der Waals surface area (Å²) in [7, 11) is 6.21. The molecular formula is C13H29N3O4S. The van der Waals surface area contributed by atoms with Crippen LogP contribution in [0.5, 0.6) is 0 Å². The van der Waals surface area contributed by atoms with E-state index >= 15 is 0 Å². The molecule has 126 valence electrons. The normalized spacial score (nSPS) is 11.5. The molecule has 0 spiro atoms. The summed E-state index contributed by atoms with van der Waals surface area (Å²) in [6.45, 7) is 2.42. The highest BCUT2D eigenvalue weighted by Crippen LogP contribution is 1.93. The van der Waals surface area contributed by atoms with E-state index in [2.05, 4.69) is 5.32 Å². The molecule has 1 aliphatic heterocycles. The van der Waals surface area contributed by atoms with Gasteiger partial charge in [-0.15, -0.1) is 0 Å². The van der Waals surface area contributed by atoms with E-state index in [0.29, 0.717) is 0 Å². The van der Waals surface area contributed by atoms with E-state index in [1.165, 1.54) is 16.7 Å². The van der Waals surface area contributed by atoms with Crippen LogP contribution in [0.1, 0.15) is 19.8 Å². The summed E-state index contributed by atoms with van der Waals surface area (Å²) in [4.78, 5) is 32.6. The van der Waals surface area contributed by atoms with Crippen LogP contribution < -0.4 is 5.32 Å². The molecule has 0 saturated carbocycles. The van der Waals surface area contributed by atoms with Crippen LogP contribution in [0.2, 0.25) is 0 Å². The van der Waals surface area contributed by atoms with Gasteiger partial charge in [-0.05, 0) is 6.42 Å². The van der Waals surface area contributed by atoms with Crippen molar-refractivity contribution < 1.29 is 18.6 Å². The summed E-state index contributed by atoms with van der Waals surface area (Å²) in [5.41, 5.74) is 0. The first-order chi connectivity index (χ1) is 9.54. The molecule has 7 nitrogen and oxygen atoms in total. The Hall–Kier alpha value is -1.44. The summed E-state index contributed by atoms with van der Waals surface area (Å²) in [6.07, 6.45) is 5.79. The SMILES string of the molecule is CC(=O)N(C)C.CN(C)C=O.CS(C)=O.O=C1CCCN1. The lowest BCUT2D eigenvalue weighted by Gasteiger charge is -2.02. The minimum atomic E-state index is -0.611. The molecular weight excluding hydrogens is 294 g/mol. The molecule has 1 saturated heterocycles. The third-order valence-electron chi connectivity index (χ3n) is 1.74. The van der Waals surface area contributed by atoms with Crippen LogP contribution in [-0.2, 0) is 25.2 Å². The Labute approximate surface area is 130 Å². The minimum absolute atomic E-state index is 0.0926. The molecule has 0 radical (unpaired) electrons. The van der Waals surface area contributed by atoms with Crippen LogP contribution in [-0.4, -0.2) is 79.5 Å². The number of hydrogen-bond donors (Lipinski definition) is 1. The average Bonchev–Trinajstić information content (AvgIpc) is 2.81. The van der Waals surface area contributed by atoms with E-state index in [4.69, 9.17) is 0 Å². The zero-order valence-electron chi connectivity index (χ0n) is 14.1. The van der Waals surface area contributed by atoms with E-state index in [9.17, 15) is 18.6 Å². The maximum Gasteiger partial charge on any atom is 0.220 e. The number of hydrogen-bond acceptors (Lipinski definition) is 4. The summed E-state index contributed by atoms with van der Waals surface area (Å²) < 4.78 is 9.56. The number of rotatable bonds is 1. The summed E-state index contributed by atoms with van der Waals surface area (Å²) in [6, 6.07) is 0.